The Morgan fingerprint density at radius 1 is 0.738 bits per heavy atom. The molecule has 12 nitrogen and oxygen atoms in total. The molecule has 0 aliphatic carbocycles. The van der Waals surface area contributed by atoms with E-state index in [-0.39, 0.29) is 44.3 Å². The summed E-state index contributed by atoms with van der Waals surface area (Å²) >= 11 is 0. The summed E-state index contributed by atoms with van der Waals surface area (Å²) in [6, 6.07) is 3.28. The monoisotopic (exact) mass is 597 g/mol. The van der Waals surface area contributed by atoms with Crippen LogP contribution < -0.4 is 15.2 Å². The summed E-state index contributed by atoms with van der Waals surface area (Å²) in [5.41, 5.74) is 6.52. The number of hydrogen-bond acceptors (Lipinski definition) is 12. The zero-order valence-electron chi connectivity index (χ0n) is 25.7. The summed E-state index contributed by atoms with van der Waals surface area (Å²) < 4.78 is 35.9. The number of ether oxygens (including phenoxy) is 7. The molecule has 1 aromatic rings. The topological polar surface area (TPSA) is 159 Å². The Morgan fingerprint density at radius 3 is 1.88 bits per heavy atom. The largest absolute Gasteiger partial charge is 0.513 e. The van der Waals surface area contributed by atoms with Gasteiger partial charge in [-0.25, -0.2) is 14.4 Å². The molecule has 0 aromatic heterocycles. The Kier molecular flexibility index (Phi) is 17.7. The molecule has 0 heterocycles. The van der Waals surface area contributed by atoms with Gasteiger partial charge in [-0.15, -0.1) is 0 Å². The number of esters is 1. The number of hydrogen-bond donors (Lipinski definition) is 1. The highest BCUT2D eigenvalue weighted by atomic mass is 16.7. The molecule has 0 amide bonds. The molecule has 238 valence electrons. The fraction of sp³-hybridized carbons (Fsp3) is 0.667. The lowest BCUT2D eigenvalue weighted by Crippen LogP contribution is -2.36. The summed E-state index contributed by atoms with van der Waals surface area (Å²) in [6.45, 7) is 11.9. The molecular formula is C30H47NO11. The molecule has 0 unspecified atom stereocenters. The minimum Gasteiger partial charge on any atom is -0.461 e. The maximum absolute atomic E-state index is 12.5. The molecule has 0 radical (unpaired) electrons. The van der Waals surface area contributed by atoms with Gasteiger partial charge >= 0.3 is 24.4 Å². The maximum Gasteiger partial charge on any atom is 0.513 e. The quantitative estimate of drug-likeness (QED) is 0.0917. The molecule has 0 aliphatic heterocycles. The van der Waals surface area contributed by atoms with Crippen LogP contribution >= 0.6 is 0 Å². The van der Waals surface area contributed by atoms with Crippen LogP contribution in [0.1, 0.15) is 79.2 Å². The molecule has 0 fully saturated rings. The standard InChI is InChI=1S/C30H47NO11/c1-7-8-9-14-36-28(33)40-22(6)19-39-27(32)24(31)17-23-10-11-25(41-29(34)37-15-12-20(2)3)26(18-23)42-30(35)38-16-13-21(4)5/h10-11,18,20-22,24H,7-9,12-17,19,31H2,1-6H3/t22-,24-/m0/s1. The van der Waals surface area contributed by atoms with Gasteiger partial charge in [0.2, 0.25) is 0 Å². The van der Waals surface area contributed by atoms with Crippen LogP contribution in [0.2, 0.25) is 0 Å². The minimum atomic E-state index is -1.09. The lowest BCUT2D eigenvalue weighted by atomic mass is 10.1. The Balaban J connectivity index is 2.77. The Morgan fingerprint density at radius 2 is 1.31 bits per heavy atom. The van der Waals surface area contributed by atoms with Gasteiger partial charge in [0.1, 0.15) is 18.8 Å². The van der Waals surface area contributed by atoms with Gasteiger partial charge in [0, 0.05) is 0 Å². The van der Waals surface area contributed by atoms with Crippen LogP contribution in [0.5, 0.6) is 11.5 Å². The van der Waals surface area contributed by atoms with E-state index < -0.39 is 36.6 Å². The second-order valence-corrected chi connectivity index (χ2v) is 10.7. The van der Waals surface area contributed by atoms with Gasteiger partial charge in [-0.3, -0.25) is 4.79 Å². The molecule has 1 aromatic carbocycles. The van der Waals surface area contributed by atoms with Crippen LogP contribution in [0.15, 0.2) is 18.2 Å². The number of rotatable bonds is 18. The van der Waals surface area contributed by atoms with Gasteiger partial charge in [-0.1, -0.05) is 53.5 Å². The van der Waals surface area contributed by atoms with Crippen molar-refractivity contribution in [2.75, 3.05) is 26.4 Å². The number of nitrogens with two attached hydrogens (primary N) is 1. The van der Waals surface area contributed by atoms with Gasteiger partial charge in [0.05, 0.1) is 19.8 Å². The molecular weight excluding hydrogens is 550 g/mol. The van der Waals surface area contributed by atoms with Crippen LogP contribution in [0.3, 0.4) is 0 Å². The van der Waals surface area contributed by atoms with Gasteiger partial charge in [-0.2, -0.15) is 0 Å². The summed E-state index contributed by atoms with van der Waals surface area (Å²) in [5.74, 6) is -0.257. The van der Waals surface area contributed by atoms with E-state index in [2.05, 4.69) is 0 Å². The molecule has 2 N–H and O–H groups in total. The van der Waals surface area contributed by atoms with E-state index in [0.717, 1.165) is 19.3 Å². The van der Waals surface area contributed by atoms with E-state index in [1.807, 2.05) is 34.6 Å². The molecule has 0 saturated heterocycles. The lowest BCUT2D eigenvalue weighted by molar-refractivity contribution is -0.148. The number of benzene rings is 1. The fourth-order valence-electron chi connectivity index (χ4n) is 3.22. The second-order valence-electron chi connectivity index (χ2n) is 10.7. The van der Waals surface area contributed by atoms with Crippen molar-refractivity contribution in [1.82, 2.24) is 0 Å². The van der Waals surface area contributed by atoms with Crippen molar-refractivity contribution in [3.8, 4) is 11.5 Å². The van der Waals surface area contributed by atoms with Crippen molar-refractivity contribution in [1.29, 1.82) is 0 Å². The third-order valence-electron chi connectivity index (χ3n) is 5.71. The molecule has 12 heteroatoms. The van der Waals surface area contributed by atoms with E-state index in [9.17, 15) is 19.2 Å². The lowest BCUT2D eigenvalue weighted by Gasteiger charge is -2.17. The summed E-state index contributed by atoms with van der Waals surface area (Å²) in [7, 11) is 0. The average Bonchev–Trinajstić information content (AvgIpc) is 2.90. The first-order valence-corrected chi connectivity index (χ1v) is 14.5. The van der Waals surface area contributed by atoms with E-state index in [0.29, 0.717) is 30.2 Å². The van der Waals surface area contributed by atoms with Crippen LogP contribution in [0.25, 0.3) is 0 Å². The smallest absolute Gasteiger partial charge is 0.461 e. The van der Waals surface area contributed by atoms with Crippen molar-refractivity contribution in [2.45, 2.75) is 92.2 Å². The molecule has 0 bridgehead atoms. The van der Waals surface area contributed by atoms with Crippen LogP contribution in [-0.2, 0) is 34.9 Å². The zero-order chi connectivity index (χ0) is 31.5. The highest BCUT2D eigenvalue weighted by Gasteiger charge is 2.21. The Labute approximate surface area is 248 Å². The van der Waals surface area contributed by atoms with E-state index >= 15 is 0 Å². The normalized spacial score (nSPS) is 12.3. The van der Waals surface area contributed by atoms with Gasteiger partial charge in [0.25, 0.3) is 0 Å². The molecule has 0 aliphatic rings. The Hall–Kier alpha value is -3.54. The zero-order valence-corrected chi connectivity index (χ0v) is 25.7. The maximum atomic E-state index is 12.5. The van der Waals surface area contributed by atoms with Crippen molar-refractivity contribution < 1.29 is 52.3 Å². The Bertz CT molecular complexity index is 980. The third kappa shape index (κ3) is 16.7. The van der Waals surface area contributed by atoms with Crippen LogP contribution in [0, 0.1) is 11.8 Å². The van der Waals surface area contributed by atoms with Gasteiger partial charge in [0.15, 0.2) is 11.5 Å². The number of unbranched alkanes of at least 4 members (excludes halogenated alkanes) is 2. The third-order valence-corrected chi connectivity index (χ3v) is 5.71. The summed E-state index contributed by atoms with van der Waals surface area (Å²) in [6.07, 6.45) is 0.471. The number of carbonyl (C=O) groups excluding carboxylic acids is 4. The first-order valence-electron chi connectivity index (χ1n) is 14.5. The molecule has 42 heavy (non-hydrogen) atoms. The number of carbonyl (C=O) groups is 4. The van der Waals surface area contributed by atoms with Crippen molar-refractivity contribution >= 4 is 24.4 Å². The first-order chi connectivity index (χ1) is 19.9. The highest BCUT2D eigenvalue weighted by molar-refractivity contribution is 5.76. The first kappa shape index (κ1) is 36.5. The molecule has 0 spiro atoms. The fourth-order valence-corrected chi connectivity index (χ4v) is 3.22. The molecule has 0 saturated carbocycles. The molecule has 1 rings (SSSR count). The van der Waals surface area contributed by atoms with Crippen molar-refractivity contribution in [3.05, 3.63) is 23.8 Å². The highest BCUT2D eigenvalue weighted by Crippen LogP contribution is 2.30. The van der Waals surface area contributed by atoms with Gasteiger partial charge < -0.3 is 38.9 Å². The van der Waals surface area contributed by atoms with E-state index in [1.165, 1.54) is 12.1 Å². The average molecular weight is 598 g/mol. The van der Waals surface area contributed by atoms with Crippen molar-refractivity contribution in [3.63, 3.8) is 0 Å². The SMILES string of the molecule is CCCCCOC(=O)O[C@@H](C)COC(=O)[C@@H](N)Cc1ccc(OC(=O)OCCC(C)C)c(OC(=O)OCCC(C)C)c1. The van der Waals surface area contributed by atoms with E-state index in [4.69, 9.17) is 38.9 Å². The summed E-state index contributed by atoms with van der Waals surface area (Å²) in [5, 5.41) is 0. The van der Waals surface area contributed by atoms with Crippen LogP contribution in [-0.4, -0.2) is 63.0 Å². The molecule has 2 atom stereocenters. The minimum absolute atomic E-state index is 0.00537. The predicted octanol–water partition coefficient (Wildman–Crippen LogP) is 5.95. The van der Waals surface area contributed by atoms with Crippen LogP contribution in [0.4, 0.5) is 14.4 Å². The second kappa shape index (κ2) is 20.4. The van der Waals surface area contributed by atoms with Gasteiger partial charge in [-0.05, 0) is 62.1 Å². The predicted molar refractivity (Wildman–Crippen MR) is 153 cm³/mol. The van der Waals surface area contributed by atoms with E-state index in [1.54, 1.807) is 13.0 Å². The summed E-state index contributed by atoms with van der Waals surface area (Å²) in [4.78, 5) is 48.6. The van der Waals surface area contributed by atoms with Crippen molar-refractivity contribution in [2.24, 2.45) is 17.6 Å².